The summed E-state index contributed by atoms with van der Waals surface area (Å²) in [6, 6.07) is 4.35. The highest BCUT2D eigenvalue weighted by Gasteiger charge is 2.23. The van der Waals surface area contributed by atoms with Crippen LogP contribution in [0.3, 0.4) is 0 Å². The smallest absolute Gasteiger partial charge is 0.299 e. The number of nitro groups is 1. The van der Waals surface area contributed by atoms with E-state index in [2.05, 4.69) is 11.8 Å². The van der Waals surface area contributed by atoms with Gasteiger partial charge in [-0.2, -0.15) is 4.39 Å². The van der Waals surface area contributed by atoms with Crippen molar-refractivity contribution in [1.29, 1.82) is 0 Å². The topological polar surface area (TPSA) is 46.4 Å². The standard InChI is InChI=1S/C14H18ClFN2O2/c1-10-4-2-3-7-17(10)9-12(15)11-5-6-13(16)14(8-11)18(19)20/h5-6,8,10,12H,2-4,7,9H2,1H3. The third-order valence-corrected chi connectivity index (χ3v) is 4.25. The van der Waals surface area contributed by atoms with Gasteiger partial charge in [0.25, 0.3) is 0 Å². The summed E-state index contributed by atoms with van der Waals surface area (Å²) in [7, 11) is 0. The van der Waals surface area contributed by atoms with Gasteiger partial charge in [-0.25, -0.2) is 0 Å². The van der Waals surface area contributed by atoms with Crippen LogP contribution in [0.25, 0.3) is 0 Å². The van der Waals surface area contributed by atoms with Crippen LogP contribution in [0, 0.1) is 15.9 Å². The number of benzene rings is 1. The first-order chi connectivity index (χ1) is 9.49. The first-order valence-electron chi connectivity index (χ1n) is 6.81. The minimum Gasteiger partial charge on any atom is -0.299 e. The van der Waals surface area contributed by atoms with Gasteiger partial charge in [0.15, 0.2) is 0 Å². The second kappa shape index (κ2) is 6.50. The van der Waals surface area contributed by atoms with Crippen LogP contribution in [0.5, 0.6) is 0 Å². The van der Waals surface area contributed by atoms with Crippen LogP contribution in [-0.2, 0) is 0 Å². The molecule has 0 N–H and O–H groups in total. The van der Waals surface area contributed by atoms with E-state index in [1.807, 2.05) is 0 Å². The van der Waals surface area contributed by atoms with Crippen molar-refractivity contribution in [3.05, 3.63) is 39.7 Å². The molecule has 1 heterocycles. The lowest BCUT2D eigenvalue weighted by Gasteiger charge is -2.34. The number of piperidine rings is 1. The molecule has 1 aromatic rings. The zero-order valence-electron chi connectivity index (χ0n) is 11.4. The molecule has 110 valence electrons. The molecule has 6 heteroatoms. The Hall–Kier alpha value is -1.20. The molecule has 0 bridgehead atoms. The fourth-order valence-corrected chi connectivity index (χ4v) is 2.92. The number of nitro benzene ring substituents is 1. The van der Waals surface area contributed by atoms with Crippen LogP contribution >= 0.6 is 11.6 Å². The predicted octanol–water partition coefficient (Wildman–Crippen LogP) is 3.89. The van der Waals surface area contributed by atoms with Crippen molar-refractivity contribution in [1.82, 2.24) is 4.90 Å². The van der Waals surface area contributed by atoms with Crippen LogP contribution in [0.4, 0.5) is 10.1 Å². The molecule has 2 rings (SSSR count). The number of hydrogen-bond donors (Lipinski definition) is 0. The van der Waals surface area contributed by atoms with E-state index >= 15 is 0 Å². The second-order valence-electron chi connectivity index (χ2n) is 5.28. The maximum absolute atomic E-state index is 13.3. The molecule has 1 saturated heterocycles. The number of hydrogen-bond acceptors (Lipinski definition) is 3. The van der Waals surface area contributed by atoms with E-state index in [9.17, 15) is 14.5 Å². The lowest BCUT2D eigenvalue weighted by atomic mass is 10.0. The Balaban J connectivity index is 2.10. The average molecular weight is 301 g/mol. The quantitative estimate of drug-likeness (QED) is 0.481. The van der Waals surface area contributed by atoms with E-state index in [-0.39, 0.29) is 5.38 Å². The number of likely N-dealkylation sites (tertiary alicyclic amines) is 1. The molecule has 0 aromatic heterocycles. The van der Waals surface area contributed by atoms with Gasteiger partial charge in [-0.1, -0.05) is 12.5 Å². The van der Waals surface area contributed by atoms with Gasteiger partial charge in [-0.15, -0.1) is 11.6 Å². The Kier molecular flexibility index (Phi) is 4.94. The fourth-order valence-electron chi connectivity index (χ4n) is 2.60. The first-order valence-corrected chi connectivity index (χ1v) is 7.24. The van der Waals surface area contributed by atoms with E-state index in [0.29, 0.717) is 18.2 Å². The number of nitrogens with zero attached hydrogens (tertiary/aromatic N) is 2. The summed E-state index contributed by atoms with van der Waals surface area (Å²) < 4.78 is 13.3. The molecule has 2 unspecified atom stereocenters. The highest BCUT2D eigenvalue weighted by molar-refractivity contribution is 6.21. The van der Waals surface area contributed by atoms with Gasteiger partial charge in [0, 0.05) is 18.7 Å². The molecule has 2 atom stereocenters. The molecule has 0 spiro atoms. The van der Waals surface area contributed by atoms with Gasteiger partial charge in [-0.3, -0.25) is 15.0 Å². The summed E-state index contributed by atoms with van der Waals surface area (Å²) in [5, 5.41) is 10.4. The summed E-state index contributed by atoms with van der Waals surface area (Å²) in [6.45, 7) is 3.79. The molecule has 0 radical (unpaired) electrons. The minimum absolute atomic E-state index is 0.366. The molecule has 0 saturated carbocycles. The molecule has 0 amide bonds. The van der Waals surface area contributed by atoms with E-state index in [0.717, 1.165) is 25.5 Å². The molecule has 20 heavy (non-hydrogen) atoms. The predicted molar refractivity (Wildman–Crippen MR) is 76.5 cm³/mol. The number of halogens is 2. The Morgan fingerprint density at radius 2 is 2.30 bits per heavy atom. The Bertz CT molecular complexity index is 498. The molecular formula is C14H18ClFN2O2. The normalized spacial score (nSPS) is 21.6. The third kappa shape index (κ3) is 3.46. The first kappa shape index (κ1) is 15.2. The summed E-state index contributed by atoms with van der Waals surface area (Å²) >= 11 is 6.35. The molecule has 1 fully saturated rings. The minimum atomic E-state index is -0.825. The van der Waals surface area contributed by atoms with Crippen molar-refractivity contribution in [3.63, 3.8) is 0 Å². The van der Waals surface area contributed by atoms with Crippen molar-refractivity contribution in [3.8, 4) is 0 Å². The summed E-state index contributed by atoms with van der Waals surface area (Å²) in [5.41, 5.74) is 0.0809. The lowest BCUT2D eigenvalue weighted by molar-refractivity contribution is -0.387. The zero-order valence-corrected chi connectivity index (χ0v) is 12.1. The lowest BCUT2D eigenvalue weighted by Crippen LogP contribution is -2.39. The Morgan fingerprint density at radius 3 is 2.95 bits per heavy atom. The van der Waals surface area contributed by atoms with Gasteiger partial charge in [0.2, 0.25) is 5.82 Å². The van der Waals surface area contributed by atoms with Crippen LogP contribution in [0.15, 0.2) is 18.2 Å². The Morgan fingerprint density at radius 1 is 1.55 bits per heavy atom. The van der Waals surface area contributed by atoms with Crippen molar-refractivity contribution in [2.75, 3.05) is 13.1 Å². The van der Waals surface area contributed by atoms with E-state index in [1.54, 1.807) is 0 Å². The van der Waals surface area contributed by atoms with Crippen molar-refractivity contribution >= 4 is 17.3 Å². The highest BCUT2D eigenvalue weighted by atomic mass is 35.5. The van der Waals surface area contributed by atoms with Gasteiger partial charge >= 0.3 is 5.69 Å². The van der Waals surface area contributed by atoms with E-state index in [1.165, 1.54) is 18.6 Å². The summed E-state index contributed by atoms with van der Waals surface area (Å²) in [6.07, 6.45) is 3.53. The SMILES string of the molecule is CC1CCCCN1CC(Cl)c1ccc(F)c([N+](=O)[O-])c1. The van der Waals surface area contributed by atoms with Gasteiger partial charge < -0.3 is 0 Å². The number of rotatable bonds is 4. The van der Waals surface area contributed by atoms with Gasteiger partial charge in [0.05, 0.1) is 10.3 Å². The second-order valence-corrected chi connectivity index (χ2v) is 5.80. The average Bonchev–Trinajstić information content (AvgIpc) is 2.41. The van der Waals surface area contributed by atoms with Crippen LogP contribution in [0.1, 0.15) is 37.1 Å². The van der Waals surface area contributed by atoms with Crippen molar-refractivity contribution in [2.45, 2.75) is 37.6 Å². The van der Waals surface area contributed by atoms with E-state index < -0.39 is 16.4 Å². The van der Waals surface area contributed by atoms with Crippen LogP contribution < -0.4 is 0 Å². The van der Waals surface area contributed by atoms with Crippen molar-refractivity contribution in [2.24, 2.45) is 0 Å². The molecule has 1 aliphatic heterocycles. The van der Waals surface area contributed by atoms with Gasteiger partial charge in [-0.05, 0) is 37.9 Å². The molecular weight excluding hydrogens is 283 g/mol. The van der Waals surface area contributed by atoms with E-state index in [4.69, 9.17) is 11.6 Å². The maximum atomic E-state index is 13.3. The monoisotopic (exact) mass is 300 g/mol. The summed E-state index contributed by atoms with van der Waals surface area (Å²) in [5.74, 6) is -0.825. The summed E-state index contributed by atoms with van der Waals surface area (Å²) in [4.78, 5) is 12.3. The molecule has 1 aliphatic rings. The fraction of sp³-hybridized carbons (Fsp3) is 0.571. The molecule has 4 nitrogen and oxygen atoms in total. The van der Waals surface area contributed by atoms with Gasteiger partial charge in [0.1, 0.15) is 0 Å². The maximum Gasteiger partial charge on any atom is 0.305 e. The highest BCUT2D eigenvalue weighted by Crippen LogP contribution is 2.29. The molecule has 0 aliphatic carbocycles. The largest absolute Gasteiger partial charge is 0.305 e. The molecule has 1 aromatic carbocycles. The van der Waals surface area contributed by atoms with Crippen LogP contribution in [-0.4, -0.2) is 29.0 Å². The zero-order chi connectivity index (χ0) is 14.7. The Labute approximate surface area is 122 Å². The van der Waals surface area contributed by atoms with Crippen LogP contribution in [0.2, 0.25) is 0 Å². The number of alkyl halides is 1. The third-order valence-electron chi connectivity index (χ3n) is 3.86. The van der Waals surface area contributed by atoms with Crippen molar-refractivity contribution < 1.29 is 9.31 Å².